The molecule has 1 fully saturated rings. The molecule has 0 aromatic carbocycles. The molecule has 2 unspecified atom stereocenters. The molecule has 0 amide bonds. The Kier molecular flexibility index (Phi) is 3.80. The fourth-order valence-electron chi connectivity index (χ4n) is 2.74. The van der Waals surface area contributed by atoms with Gasteiger partial charge in [0, 0.05) is 0 Å². The number of allylic oxidation sites excluding steroid dienone is 1. The Morgan fingerprint density at radius 1 is 1.47 bits per heavy atom. The summed E-state index contributed by atoms with van der Waals surface area (Å²) in [6.45, 7) is 8.31. The lowest BCUT2D eigenvalue weighted by Gasteiger charge is -2.35. The highest BCUT2D eigenvalue weighted by atomic mass is 16.7. The van der Waals surface area contributed by atoms with Crippen LogP contribution in [-0.2, 0) is 18.8 Å². The first-order valence-corrected chi connectivity index (χ1v) is 6.97. The minimum atomic E-state index is -0.324. The summed E-state index contributed by atoms with van der Waals surface area (Å²) < 4.78 is 17.0. The highest BCUT2D eigenvalue weighted by Crippen LogP contribution is 2.43. The van der Waals surface area contributed by atoms with Gasteiger partial charge in [0.2, 0.25) is 0 Å². The van der Waals surface area contributed by atoms with Gasteiger partial charge in [-0.3, -0.25) is 4.79 Å². The average molecular weight is 266 g/mol. The molecule has 2 aliphatic rings. The van der Waals surface area contributed by atoms with Crippen molar-refractivity contribution in [2.24, 2.45) is 5.92 Å². The second-order valence-corrected chi connectivity index (χ2v) is 6.07. The molecule has 1 aliphatic carbocycles. The summed E-state index contributed by atoms with van der Waals surface area (Å²) in [5.41, 5.74) is 0.457. The lowest BCUT2D eigenvalue weighted by molar-refractivity contribution is -0.143. The molecule has 1 heterocycles. The van der Waals surface area contributed by atoms with Gasteiger partial charge in [-0.2, -0.15) is 0 Å². The Morgan fingerprint density at radius 3 is 2.68 bits per heavy atom. The van der Waals surface area contributed by atoms with Crippen LogP contribution in [0.5, 0.6) is 0 Å². The molecule has 1 saturated heterocycles. The first-order chi connectivity index (χ1) is 8.83. The number of hydrogen-bond donors (Lipinski definition) is 0. The van der Waals surface area contributed by atoms with Crippen molar-refractivity contribution >= 4 is 13.1 Å². The van der Waals surface area contributed by atoms with E-state index in [1.807, 2.05) is 6.08 Å². The summed E-state index contributed by atoms with van der Waals surface area (Å²) in [7, 11) is 1.10. The van der Waals surface area contributed by atoms with Gasteiger partial charge in [0.25, 0.3) is 0 Å². The minimum absolute atomic E-state index is 0.149. The van der Waals surface area contributed by atoms with Crippen LogP contribution >= 0.6 is 0 Å². The van der Waals surface area contributed by atoms with Gasteiger partial charge in [-0.05, 0) is 45.5 Å². The third-order valence-corrected chi connectivity index (χ3v) is 4.68. The molecule has 0 bridgehead atoms. The standard InChI is InChI=1S/C14H23BO4/c1-6-14(4)13(2,3)18-15(19-14)11-8-7-10(9-11)12(16)17-5/h9-10H,6-8H2,1-5H3. The molecule has 0 saturated carbocycles. The van der Waals surface area contributed by atoms with Crippen molar-refractivity contribution in [3.63, 3.8) is 0 Å². The quantitative estimate of drug-likeness (QED) is 0.581. The second kappa shape index (κ2) is 4.95. The highest BCUT2D eigenvalue weighted by Gasteiger charge is 2.54. The first kappa shape index (κ1) is 14.6. The van der Waals surface area contributed by atoms with Gasteiger partial charge in [0.15, 0.2) is 0 Å². The lowest BCUT2D eigenvalue weighted by Crippen LogP contribution is -2.44. The van der Waals surface area contributed by atoms with E-state index in [4.69, 9.17) is 14.0 Å². The zero-order valence-corrected chi connectivity index (χ0v) is 12.5. The van der Waals surface area contributed by atoms with Crippen molar-refractivity contribution in [1.82, 2.24) is 0 Å². The number of methoxy groups -OCH3 is 1. The van der Waals surface area contributed by atoms with Crippen LogP contribution < -0.4 is 0 Å². The third kappa shape index (κ3) is 2.46. The van der Waals surface area contributed by atoms with Gasteiger partial charge in [0.05, 0.1) is 24.2 Å². The monoisotopic (exact) mass is 266 g/mol. The van der Waals surface area contributed by atoms with Gasteiger partial charge >= 0.3 is 13.1 Å². The Balaban J connectivity index is 2.12. The molecule has 0 aromatic rings. The summed E-state index contributed by atoms with van der Waals surface area (Å²) in [5, 5.41) is 0. The molecule has 5 heteroatoms. The first-order valence-electron chi connectivity index (χ1n) is 6.97. The van der Waals surface area contributed by atoms with Crippen LogP contribution in [0.3, 0.4) is 0 Å². The largest absolute Gasteiger partial charge is 0.490 e. The molecule has 2 atom stereocenters. The Labute approximate surface area is 115 Å². The summed E-state index contributed by atoms with van der Waals surface area (Å²) in [6.07, 6.45) is 4.47. The van der Waals surface area contributed by atoms with Crippen molar-refractivity contribution in [2.75, 3.05) is 7.11 Å². The van der Waals surface area contributed by atoms with Gasteiger partial charge in [-0.25, -0.2) is 0 Å². The summed E-state index contributed by atoms with van der Waals surface area (Å²) in [4.78, 5) is 11.5. The topological polar surface area (TPSA) is 44.8 Å². The van der Waals surface area contributed by atoms with E-state index in [9.17, 15) is 4.79 Å². The molecule has 0 N–H and O–H groups in total. The lowest BCUT2D eigenvalue weighted by atomic mass is 9.78. The van der Waals surface area contributed by atoms with Crippen LogP contribution in [0.1, 0.15) is 47.0 Å². The zero-order chi connectivity index (χ0) is 14.3. The maximum Gasteiger partial charge on any atom is 0.490 e. The zero-order valence-electron chi connectivity index (χ0n) is 12.5. The van der Waals surface area contributed by atoms with Gasteiger partial charge in [-0.1, -0.05) is 13.0 Å². The maximum absolute atomic E-state index is 11.5. The smallest absolute Gasteiger partial charge is 0.469 e. The van der Waals surface area contributed by atoms with E-state index in [2.05, 4.69) is 27.7 Å². The van der Waals surface area contributed by atoms with E-state index in [1.54, 1.807) is 0 Å². The normalized spacial score (nSPS) is 33.4. The summed E-state index contributed by atoms with van der Waals surface area (Å²) >= 11 is 0. The van der Waals surface area contributed by atoms with Crippen LogP contribution in [0.2, 0.25) is 0 Å². The molecule has 19 heavy (non-hydrogen) atoms. The minimum Gasteiger partial charge on any atom is -0.469 e. The van der Waals surface area contributed by atoms with Gasteiger partial charge in [0.1, 0.15) is 0 Å². The molecule has 1 aliphatic heterocycles. The molecular formula is C14H23BO4. The SMILES string of the molecule is CCC1(C)OB(C2=CC(C(=O)OC)CC2)OC1(C)C. The number of hydrogen-bond acceptors (Lipinski definition) is 4. The fraction of sp³-hybridized carbons (Fsp3) is 0.786. The molecule has 2 rings (SSSR count). The Morgan fingerprint density at radius 2 is 2.16 bits per heavy atom. The number of esters is 1. The van der Waals surface area contributed by atoms with E-state index in [0.29, 0.717) is 0 Å². The predicted molar refractivity (Wildman–Crippen MR) is 73.5 cm³/mol. The van der Waals surface area contributed by atoms with E-state index in [0.717, 1.165) is 24.7 Å². The Bertz CT molecular complexity index is 404. The van der Waals surface area contributed by atoms with Crippen molar-refractivity contribution in [3.8, 4) is 0 Å². The van der Waals surface area contributed by atoms with E-state index in [-0.39, 0.29) is 30.2 Å². The van der Waals surface area contributed by atoms with E-state index >= 15 is 0 Å². The summed E-state index contributed by atoms with van der Waals surface area (Å²) in [6, 6.07) is 0. The molecule has 0 radical (unpaired) electrons. The Hall–Kier alpha value is -0.805. The predicted octanol–water partition coefficient (Wildman–Crippen LogP) is 2.52. The molecule has 4 nitrogen and oxygen atoms in total. The van der Waals surface area contributed by atoms with Crippen LogP contribution in [0.4, 0.5) is 0 Å². The van der Waals surface area contributed by atoms with Crippen molar-refractivity contribution in [2.45, 2.75) is 58.2 Å². The molecule has 0 aromatic heterocycles. The molecule has 106 valence electrons. The van der Waals surface area contributed by atoms with E-state index < -0.39 is 0 Å². The summed E-state index contributed by atoms with van der Waals surface area (Å²) in [5.74, 6) is -0.325. The number of rotatable bonds is 3. The van der Waals surface area contributed by atoms with E-state index in [1.165, 1.54) is 7.11 Å². The third-order valence-electron chi connectivity index (χ3n) is 4.68. The van der Waals surface area contributed by atoms with Crippen LogP contribution in [0.25, 0.3) is 0 Å². The van der Waals surface area contributed by atoms with Gasteiger partial charge < -0.3 is 14.0 Å². The highest BCUT2D eigenvalue weighted by molar-refractivity contribution is 6.54. The van der Waals surface area contributed by atoms with Crippen molar-refractivity contribution in [1.29, 1.82) is 0 Å². The van der Waals surface area contributed by atoms with Crippen LogP contribution in [-0.4, -0.2) is 31.4 Å². The van der Waals surface area contributed by atoms with Crippen molar-refractivity contribution < 1.29 is 18.8 Å². The number of carbonyl (C=O) groups is 1. The number of carbonyl (C=O) groups excluding carboxylic acids is 1. The maximum atomic E-state index is 11.5. The average Bonchev–Trinajstić information content (AvgIpc) is 2.93. The van der Waals surface area contributed by atoms with Crippen LogP contribution in [0.15, 0.2) is 11.5 Å². The van der Waals surface area contributed by atoms with Crippen molar-refractivity contribution in [3.05, 3.63) is 11.5 Å². The van der Waals surface area contributed by atoms with Crippen LogP contribution in [0, 0.1) is 5.92 Å². The number of ether oxygens (including phenoxy) is 1. The fourth-order valence-corrected chi connectivity index (χ4v) is 2.74. The molecular weight excluding hydrogens is 243 g/mol. The molecule has 0 spiro atoms. The van der Waals surface area contributed by atoms with Gasteiger partial charge in [-0.15, -0.1) is 0 Å². The second-order valence-electron chi connectivity index (χ2n) is 6.07.